The lowest BCUT2D eigenvalue weighted by atomic mass is 10.3. The molecular weight excluding hydrogens is 376 g/mol. The molecule has 2 aromatic carbocycles. The molecule has 7 nitrogen and oxygen atoms in total. The predicted molar refractivity (Wildman–Crippen MR) is 101 cm³/mol. The number of anilines is 2. The second kappa shape index (κ2) is 7.16. The lowest BCUT2D eigenvalue weighted by molar-refractivity contribution is 0.415. The molecular formula is C17H20N2O5S2. The molecule has 0 bridgehead atoms. The first-order valence-corrected chi connectivity index (χ1v) is 11.2. The van der Waals surface area contributed by atoms with Crippen LogP contribution in [0.2, 0.25) is 0 Å². The molecule has 1 aliphatic rings. The average molecular weight is 396 g/mol. The van der Waals surface area contributed by atoms with Crippen LogP contribution in [0.25, 0.3) is 0 Å². The number of nitrogens with one attached hydrogen (secondary N) is 1. The van der Waals surface area contributed by atoms with Crippen LogP contribution in [0.15, 0.2) is 53.4 Å². The summed E-state index contributed by atoms with van der Waals surface area (Å²) in [5, 5.41) is 0. The van der Waals surface area contributed by atoms with E-state index in [0.29, 0.717) is 30.1 Å². The van der Waals surface area contributed by atoms with Crippen LogP contribution in [0, 0.1) is 0 Å². The molecule has 1 saturated heterocycles. The summed E-state index contributed by atoms with van der Waals surface area (Å²) >= 11 is 0. The number of sulfonamides is 2. The fourth-order valence-electron chi connectivity index (χ4n) is 2.74. The Bertz CT molecular complexity index is 969. The van der Waals surface area contributed by atoms with E-state index in [1.165, 1.54) is 35.7 Å². The highest BCUT2D eigenvalue weighted by molar-refractivity contribution is 7.93. The Morgan fingerprint density at radius 2 is 1.65 bits per heavy atom. The van der Waals surface area contributed by atoms with Crippen molar-refractivity contribution in [3.8, 4) is 5.75 Å². The zero-order chi connectivity index (χ0) is 18.8. The lowest BCUT2D eigenvalue weighted by Gasteiger charge is -2.28. The molecule has 26 heavy (non-hydrogen) atoms. The van der Waals surface area contributed by atoms with Crippen LogP contribution in [-0.4, -0.2) is 36.2 Å². The molecule has 0 atom stereocenters. The summed E-state index contributed by atoms with van der Waals surface area (Å²) in [5.74, 6) is 0.742. The summed E-state index contributed by atoms with van der Waals surface area (Å²) < 4.78 is 58.1. The Labute approximate surface area is 153 Å². The third kappa shape index (κ3) is 3.94. The van der Waals surface area contributed by atoms with E-state index in [0.717, 1.165) is 6.42 Å². The molecule has 0 radical (unpaired) electrons. The molecule has 0 amide bonds. The first-order valence-electron chi connectivity index (χ1n) is 8.09. The van der Waals surface area contributed by atoms with Gasteiger partial charge in [-0.1, -0.05) is 0 Å². The average Bonchev–Trinajstić information content (AvgIpc) is 2.62. The van der Waals surface area contributed by atoms with Gasteiger partial charge in [0.2, 0.25) is 10.0 Å². The van der Waals surface area contributed by atoms with Crippen LogP contribution < -0.4 is 13.8 Å². The van der Waals surface area contributed by atoms with Crippen LogP contribution in [0.4, 0.5) is 11.4 Å². The third-order valence-electron chi connectivity index (χ3n) is 4.13. The Kier molecular flexibility index (Phi) is 5.10. The molecule has 3 rings (SSSR count). The van der Waals surface area contributed by atoms with Crippen LogP contribution in [0.1, 0.15) is 12.8 Å². The van der Waals surface area contributed by atoms with Gasteiger partial charge in [-0.2, -0.15) is 0 Å². The Hall–Kier alpha value is -2.26. The van der Waals surface area contributed by atoms with Crippen LogP contribution in [-0.2, 0) is 20.0 Å². The van der Waals surface area contributed by atoms with Crippen molar-refractivity contribution in [2.45, 2.75) is 17.7 Å². The summed E-state index contributed by atoms with van der Waals surface area (Å²) in [5.41, 5.74) is 0.890. The van der Waals surface area contributed by atoms with Gasteiger partial charge in [-0.05, 0) is 61.4 Å². The molecule has 0 aromatic heterocycles. The van der Waals surface area contributed by atoms with Gasteiger partial charge in [-0.25, -0.2) is 16.8 Å². The molecule has 0 unspecified atom stereocenters. The van der Waals surface area contributed by atoms with Crippen molar-refractivity contribution in [2.24, 2.45) is 0 Å². The highest BCUT2D eigenvalue weighted by Crippen LogP contribution is 2.26. The van der Waals surface area contributed by atoms with E-state index in [4.69, 9.17) is 4.74 Å². The third-order valence-corrected chi connectivity index (χ3v) is 7.39. The maximum Gasteiger partial charge on any atom is 0.261 e. The lowest BCUT2D eigenvalue weighted by Crippen LogP contribution is -2.37. The SMILES string of the molecule is COc1ccc(NS(=O)(=O)c2ccc(N3CCCCS3(=O)=O)cc2)cc1. The number of rotatable bonds is 5. The molecule has 9 heteroatoms. The number of benzene rings is 2. The molecule has 1 aliphatic heterocycles. The van der Waals surface area contributed by atoms with Gasteiger partial charge in [0.1, 0.15) is 5.75 Å². The van der Waals surface area contributed by atoms with E-state index < -0.39 is 20.0 Å². The maximum absolute atomic E-state index is 12.5. The van der Waals surface area contributed by atoms with E-state index in [1.54, 1.807) is 24.3 Å². The Morgan fingerprint density at radius 3 is 2.23 bits per heavy atom. The van der Waals surface area contributed by atoms with Crippen molar-refractivity contribution in [1.82, 2.24) is 0 Å². The molecule has 0 saturated carbocycles. The minimum Gasteiger partial charge on any atom is -0.497 e. The van der Waals surface area contributed by atoms with Gasteiger partial charge in [-0.3, -0.25) is 9.03 Å². The fourth-order valence-corrected chi connectivity index (χ4v) is 5.44. The van der Waals surface area contributed by atoms with Crippen LogP contribution in [0.3, 0.4) is 0 Å². The van der Waals surface area contributed by atoms with Crippen LogP contribution >= 0.6 is 0 Å². The highest BCUT2D eigenvalue weighted by Gasteiger charge is 2.26. The molecule has 2 aromatic rings. The summed E-state index contributed by atoms with van der Waals surface area (Å²) in [6, 6.07) is 12.4. The van der Waals surface area contributed by atoms with Gasteiger partial charge in [0.15, 0.2) is 0 Å². The van der Waals surface area contributed by atoms with Gasteiger partial charge in [0.25, 0.3) is 10.0 Å². The van der Waals surface area contributed by atoms with Crippen LogP contribution in [0.5, 0.6) is 5.75 Å². The van der Waals surface area contributed by atoms with Crippen molar-refractivity contribution in [3.63, 3.8) is 0 Å². The second-order valence-electron chi connectivity index (χ2n) is 5.92. The summed E-state index contributed by atoms with van der Waals surface area (Å²) in [6.07, 6.45) is 1.44. The number of ether oxygens (including phenoxy) is 1. The van der Waals surface area contributed by atoms with E-state index in [9.17, 15) is 16.8 Å². The Balaban J connectivity index is 1.80. The number of methoxy groups -OCH3 is 1. The van der Waals surface area contributed by atoms with Crippen molar-refractivity contribution in [2.75, 3.05) is 28.4 Å². The number of hydrogen-bond acceptors (Lipinski definition) is 5. The van der Waals surface area contributed by atoms with E-state index in [-0.39, 0.29) is 10.6 Å². The largest absolute Gasteiger partial charge is 0.497 e. The second-order valence-corrected chi connectivity index (χ2v) is 9.62. The smallest absolute Gasteiger partial charge is 0.261 e. The minimum atomic E-state index is -3.77. The summed E-state index contributed by atoms with van der Waals surface area (Å²) in [4.78, 5) is 0.0616. The van der Waals surface area contributed by atoms with Gasteiger partial charge >= 0.3 is 0 Å². The minimum absolute atomic E-state index is 0.0616. The summed E-state index contributed by atoms with van der Waals surface area (Å²) in [7, 11) is -5.56. The quantitative estimate of drug-likeness (QED) is 0.838. The van der Waals surface area contributed by atoms with Crippen molar-refractivity contribution < 1.29 is 21.6 Å². The standard InChI is InChI=1S/C17H20N2O5S2/c1-24-16-8-4-14(5-9-16)18-26(22,23)17-10-6-15(7-11-17)19-12-2-3-13-25(19,20)21/h4-11,18H,2-3,12-13H2,1H3. The Morgan fingerprint density at radius 1 is 1.00 bits per heavy atom. The first kappa shape index (κ1) is 18.5. The van der Waals surface area contributed by atoms with E-state index in [2.05, 4.69) is 4.72 Å². The molecule has 0 aliphatic carbocycles. The number of nitrogens with zero attached hydrogens (tertiary/aromatic N) is 1. The van der Waals surface area contributed by atoms with Gasteiger partial charge in [0.05, 0.1) is 23.4 Å². The fraction of sp³-hybridized carbons (Fsp3) is 0.294. The molecule has 1 heterocycles. The monoisotopic (exact) mass is 396 g/mol. The summed E-state index contributed by atoms with van der Waals surface area (Å²) in [6.45, 7) is 0.415. The molecule has 1 fully saturated rings. The normalized spacial score (nSPS) is 16.9. The van der Waals surface area contributed by atoms with Gasteiger partial charge in [-0.15, -0.1) is 0 Å². The molecule has 1 N–H and O–H groups in total. The predicted octanol–water partition coefficient (Wildman–Crippen LogP) is 2.43. The van der Waals surface area contributed by atoms with E-state index >= 15 is 0 Å². The van der Waals surface area contributed by atoms with E-state index in [1.807, 2.05) is 0 Å². The zero-order valence-electron chi connectivity index (χ0n) is 14.3. The highest BCUT2D eigenvalue weighted by atomic mass is 32.2. The maximum atomic E-state index is 12.5. The van der Waals surface area contributed by atoms with Crippen molar-refractivity contribution in [3.05, 3.63) is 48.5 Å². The molecule has 140 valence electrons. The first-order chi connectivity index (χ1) is 12.3. The zero-order valence-corrected chi connectivity index (χ0v) is 15.9. The van der Waals surface area contributed by atoms with Crippen molar-refractivity contribution >= 4 is 31.4 Å². The van der Waals surface area contributed by atoms with Gasteiger partial charge < -0.3 is 4.74 Å². The molecule has 0 spiro atoms. The van der Waals surface area contributed by atoms with Gasteiger partial charge in [0, 0.05) is 12.2 Å². The topological polar surface area (TPSA) is 92.8 Å². The van der Waals surface area contributed by atoms with Crippen molar-refractivity contribution in [1.29, 1.82) is 0 Å². The number of hydrogen-bond donors (Lipinski definition) is 1.